The maximum Gasteiger partial charge on any atom is 0.244 e. The Morgan fingerprint density at radius 1 is 1.27 bits per heavy atom. The van der Waals surface area contributed by atoms with E-state index in [1.165, 1.54) is 0 Å². The molecule has 1 unspecified atom stereocenters. The van der Waals surface area contributed by atoms with E-state index in [1.807, 2.05) is 0 Å². The quantitative estimate of drug-likeness (QED) is 0.308. The van der Waals surface area contributed by atoms with Gasteiger partial charge in [-0.25, -0.2) is 0 Å². The first kappa shape index (κ1) is 12.1. The third-order valence-corrected chi connectivity index (χ3v) is 2.36. The molecule has 0 spiro atoms. The number of amides is 2. The number of imide groups is 1. The summed E-state index contributed by atoms with van der Waals surface area (Å²) >= 11 is 0. The van der Waals surface area contributed by atoms with E-state index in [1.54, 1.807) is 0 Å². The van der Waals surface area contributed by atoms with Gasteiger partial charge in [-0.1, -0.05) is 0 Å². The van der Waals surface area contributed by atoms with Gasteiger partial charge in [-0.15, -0.1) is 0 Å². The van der Waals surface area contributed by atoms with E-state index in [2.05, 4.69) is 10.6 Å². The van der Waals surface area contributed by atoms with Gasteiger partial charge in [0.15, 0.2) is 0 Å². The highest BCUT2D eigenvalue weighted by molar-refractivity contribution is 6.05. The summed E-state index contributed by atoms with van der Waals surface area (Å²) in [6.07, 6.45) is -0.0550. The lowest BCUT2D eigenvalue weighted by atomic mass is 10.0. The molecule has 5 N–H and O–H groups in total. The number of aliphatic hydroxyl groups is 3. The van der Waals surface area contributed by atoms with Gasteiger partial charge in [0, 0.05) is 0 Å². The van der Waals surface area contributed by atoms with Crippen molar-refractivity contribution in [2.24, 2.45) is 0 Å². The zero-order chi connectivity index (χ0) is 11.5. The van der Waals surface area contributed by atoms with Crippen molar-refractivity contribution in [1.29, 1.82) is 0 Å². The van der Waals surface area contributed by atoms with Gasteiger partial charge >= 0.3 is 0 Å². The minimum atomic E-state index is -1.34. The molecule has 7 heteroatoms. The van der Waals surface area contributed by atoms with Crippen molar-refractivity contribution in [2.75, 3.05) is 19.8 Å². The van der Waals surface area contributed by atoms with Gasteiger partial charge in [0.1, 0.15) is 0 Å². The molecule has 1 saturated heterocycles. The number of aliphatic hydroxyl groups excluding tert-OH is 3. The summed E-state index contributed by atoms with van der Waals surface area (Å²) in [6.45, 7) is -1.59. The largest absolute Gasteiger partial charge is 0.394 e. The van der Waals surface area contributed by atoms with Crippen molar-refractivity contribution < 1.29 is 24.9 Å². The molecule has 1 aliphatic rings. The number of carbonyl (C=O) groups is 2. The van der Waals surface area contributed by atoms with E-state index >= 15 is 0 Å². The van der Waals surface area contributed by atoms with E-state index in [9.17, 15) is 9.59 Å². The van der Waals surface area contributed by atoms with Crippen LogP contribution in [0.5, 0.6) is 0 Å². The van der Waals surface area contributed by atoms with Crippen LogP contribution in [0.1, 0.15) is 6.42 Å². The Kier molecular flexibility index (Phi) is 3.75. The van der Waals surface area contributed by atoms with Crippen LogP contribution in [0.2, 0.25) is 0 Å². The molecule has 0 saturated carbocycles. The molecule has 2 amide bonds. The van der Waals surface area contributed by atoms with Gasteiger partial charge in [-0.3, -0.25) is 20.2 Å². The van der Waals surface area contributed by atoms with Gasteiger partial charge in [-0.05, 0) is 0 Å². The maximum absolute atomic E-state index is 11.2. The lowest BCUT2D eigenvalue weighted by molar-refractivity contribution is -0.125. The third kappa shape index (κ3) is 2.51. The van der Waals surface area contributed by atoms with Crippen LogP contribution in [-0.4, -0.2) is 58.5 Å². The van der Waals surface area contributed by atoms with E-state index in [4.69, 9.17) is 15.3 Å². The summed E-state index contributed by atoms with van der Waals surface area (Å²) in [7, 11) is 0. The number of nitrogens with one attached hydrogen (secondary N) is 2. The average molecular weight is 218 g/mol. The van der Waals surface area contributed by atoms with Crippen molar-refractivity contribution in [1.82, 2.24) is 10.6 Å². The summed E-state index contributed by atoms with van der Waals surface area (Å²) in [4.78, 5) is 22.0. The maximum atomic E-state index is 11.2. The Morgan fingerprint density at radius 3 is 2.13 bits per heavy atom. The first-order chi connectivity index (χ1) is 7.06. The molecule has 1 heterocycles. The second-order valence-corrected chi connectivity index (χ2v) is 3.57. The Morgan fingerprint density at radius 2 is 1.80 bits per heavy atom. The molecule has 7 nitrogen and oxygen atoms in total. The molecule has 1 aliphatic heterocycles. The van der Waals surface area contributed by atoms with Crippen LogP contribution in [0.3, 0.4) is 0 Å². The first-order valence-electron chi connectivity index (χ1n) is 4.51. The number of rotatable bonds is 5. The van der Waals surface area contributed by atoms with Crippen molar-refractivity contribution in [2.45, 2.75) is 18.0 Å². The minimum absolute atomic E-state index is 0.0550. The van der Waals surface area contributed by atoms with Crippen LogP contribution in [0.25, 0.3) is 0 Å². The van der Waals surface area contributed by atoms with Gasteiger partial charge < -0.3 is 15.3 Å². The summed E-state index contributed by atoms with van der Waals surface area (Å²) < 4.78 is 0. The monoisotopic (exact) mass is 218 g/mol. The Labute approximate surface area is 86.1 Å². The van der Waals surface area contributed by atoms with Crippen molar-refractivity contribution in [3.63, 3.8) is 0 Å². The lowest BCUT2D eigenvalue weighted by Gasteiger charge is -2.30. The molecular weight excluding hydrogens is 204 g/mol. The number of hydrogen-bond donors (Lipinski definition) is 5. The summed E-state index contributed by atoms with van der Waals surface area (Å²) in [5.74, 6) is -0.931. The molecule has 1 rings (SSSR count). The Hall–Kier alpha value is -1.02. The fourth-order valence-corrected chi connectivity index (χ4v) is 1.33. The van der Waals surface area contributed by atoms with E-state index < -0.39 is 43.2 Å². The molecule has 15 heavy (non-hydrogen) atoms. The van der Waals surface area contributed by atoms with Gasteiger partial charge in [-0.2, -0.15) is 0 Å². The average Bonchev–Trinajstić information content (AvgIpc) is 2.54. The molecule has 0 bridgehead atoms. The molecule has 86 valence electrons. The number of hydrogen-bond acceptors (Lipinski definition) is 6. The zero-order valence-electron chi connectivity index (χ0n) is 8.06. The van der Waals surface area contributed by atoms with Gasteiger partial charge in [0.05, 0.1) is 37.8 Å². The molecule has 0 aliphatic carbocycles. The van der Waals surface area contributed by atoms with E-state index in [0.717, 1.165) is 0 Å². The third-order valence-electron chi connectivity index (χ3n) is 2.36. The van der Waals surface area contributed by atoms with Crippen LogP contribution in [0.4, 0.5) is 0 Å². The van der Waals surface area contributed by atoms with Crippen molar-refractivity contribution >= 4 is 11.8 Å². The SMILES string of the molecule is O=C1CC(NC(CO)(CO)CO)C(=O)N1. The summed E-state index contributed by atoms with van der Waals surface area (Å²) in [5, 5.41) is 31.6. The zero-order valence-corrected chi connectivity index (χ0v) is 8.06. The predicted octanol–water partition coefficient (Wildman–Crippen LogP) is -3.29. The predicted molar refractivity (Wildman–Crippen MR) is 48.7 cm³/mol. The molecule has 0 aromatic rings. The second-order valence-electron chi connectivity index (χ2n) is 3.57. The van der Waals surface area contributed by atoms with Gasteiger partial charge in [0.25, 0.3) is 0 Å². The summed E-state index contributed by atoms with van der Waals surface area (Å²) in [6, 6.07) is -0.816. The smallest absolute Gasteiger partial charge is 0.244 e. The molecule has 1 fully saturated rings. The molecule has 0 aromatic heterocycles. The van der Waals surface area contributed by atoms with Gasteiger partial charge in [0.2, 0.25) is 11.8 Å². The normalized spacial score (nSPS) is 21.9. The van der Waals surface area contributed by atoms with E-state index in [0.29, 0.717) is 0 Å². The Balaban J connectivity index is 2.66. The first-order valence-corrected chi connectivity index (χ1v) is 4.51. The summed E-state index contributed by atoms with van der Waals surface area (Å²) in [5.41, 5.74) is -1.34. The molecule has 0 radical (unpaired) electrons. The van der Waals surface area contributed by atoms with Crippen LogP contribution in [-0.2, 0) is 9.59 Å². The number of carbonyl (C=O) groups excluding carboxylic acids is 2. The van der Waals surface area contributed by atoms with Crippen molar-refractivity contribution in [3.8, 4) is 0 Å². The van der Waals surface area contributed by atoms with Crippen LogP contribution < -0.4 is 10.6 Å². The highest BCUT2D eigenvalue weighted by atomic mass is 16.3. The highest BCUT2D eigenvalue weighted by Crippen LogP contribution is 2.09. The Bertz CT molecular complexity index is 255. The van der Waals surface area contributed by atoms with Crippen LogP contribution >= 0.6 is 0 Å². The fourth-order valence-electron chi connectivity index (χ4n) is 1.33. The lowest BCUT2D eigenvalue weighted by Crippen LogP contribution is -2.59. The standard InChI is InChI=1S/C8H14N2O5/c11-2-8(3-12,4-13)10-5-1-6(14)9-7(5)15/h5,10-13H,1-4H2,(H,9,14,15). The fraction of sp³-hybridized carbons (Fsp3) is 0.750. The molecule has 0 aromatic carbocycles. The van der Waals surface area contributed by atoms with E-state index in [-0.39, 0.29) is 6.42 Å². The topological polar surface area (TPSA) is 119 Å². The van der Waals surface area contributed by atoms with Crippen LogP contribution in [0.15, 0.2) is 0 Å². The van der Waals surface area contributed by atoms with Crippen LogP contribution in [0, 0.1) is 0 Å². The molecular formula is C8H14N2O5. The molecule has 1 atom stereocenters. The highest BCUT2D eigenvalue weighted by Gasteiger charge is 2.38. The van der Waals surface area contributed by atoms with Crippen molar-refractivity contribution in [3.05, 3.63) is 0 Å². The second kappa shape index (κ2) is 4.67. The minimum Gasteiger partial charge on any atom is -0.394 e.